The van der Waals surface area contributed by atoms with Crippen molar-refractivity contribution in [2.45, 2.75) is 39.7 Å². The van der Waals surface area contributed by atoms with Crippen molar-refractivity contribution in [3.05, 3.63) is 86.3 Å². The van der Waals surface area contributed by atoms with Crippen LogP contribution in [0.4, 0.5) is 4.39 Å². The molecule has 2 aromatic carbocycles. The van der Waals surface area contributed by atoms with Gasteiger partial charge in [-0.3, -0.25) is 9.59 Å². The van der Waals surface area contributed by atoms with Crippen LogP contribution in [0.2, 0.25) is 5.02 Å². The lowest BCUT2D eigenvalue weighted by atomic mass is 10.00. The van der Waals surface area contributed by atoms with Crippen molar-refractivity contribution < 1.29 is 18.7 Å². The first-order valence-corrected chi connectivity index (χ1v) is 13.8. The lowest BCUT2D eigenvalue weighted by Crippen LogP contribution is -2.48. The summed E-state index contributed by atoms with van der Waals surface area (Å²) in [6.07, 6.45) is 1.65. The Morgan fingerprint density at radius 3 is 2.68 bits per heavy atom. The topological polar surface area (TPSA) is 49.9 Å². The molecule has 2 heterocycles. The molecule has 0 spiro atoms. The molecule has 0 N–H and O–H groups in total. The molecule has 0 saturated carbocycles. The molecule has 0 bridgehead atoms. The summed E-state index contributed by atoms with van der Waals surface area (Å²) in [5.41, 5.74) is 2.38. The number of nitrogens with zero attached hydrogens (tertiary/aromatic N) is 2. The number of carbonyl (C=O) groups is 2. The second-order valence-corrected chi connectivity index (χ2v) is 11.0. The minimum Gasteiger partial charge on any atom is -0.491 e. The lowest BCUT2D eigenvalue weighted by molar-refractivity contribution is -0.135. The zero-order chi connectivity index (χ0) is 26.5. The average Bonchev–Trinajstić information content (AvgIpc) is 3.38. The molecule has 1 aliphatic heterocycles. The highest BCUT2D eigenvalue weighted by atomic mass is 35.5. The number of ether oxygens (including phenoxy) is 1. The van der Waals surface area contributed by atoms with E-state index >= 15 is 0 Å². The van der Waals surface area contributed by atoms with Crippen LogP contribution in [0.1, 0.15) is 52.7 Å². The number of hydrogen-bond donors (Lipinski definition) is 0. The number of rotatable bonds is 9. The van der Waals surface area contributed by atoms with E-state index in [0.717, 1.165) is 24.0 Å². The first kappa shape index (κ1) is 27.1. The molecule has 0 fully saturated rings. The summed E-state index contributed by atoms with van der Waals surface area (Å²) in [6, 6.07) is 12.8. The molecule has 0 aliphatic carbocycles. The molecule has 0 unspecified atom stereocenters. The van der Waals surface area contributed by atoms with Gasteiger partial charge < -0.3 is 14.5 Å². The van der Waals surface area contributed by atoms with Gasteiger partial charge in [0.05, 0.1) is 6.04 Å². The minimum atomic E-state index is -0.403. The number of hydrogen-bond acceptors (Lipinski definition) is 4. The van der Waals surface area contributed by atoms with E-state index < -0.39 is 5.82 Å². The fraction of sp³-hybridized carbons (Fsp3) is 0.379. The smallest absolute Gasteiger partial charge is 0.254 e. The normalized spacial score (nSPS) is 15.7. The molecule has 4 rings (SSSR count). The number of benzene rings is 2. The molecule has 0 radical (unpaired) electrons. The van der Waals surface area contributed by atoms with Gasteiger partial charge in [-0.15, -0.1) is 11.3 Å². The Kier molecular flexibility index (Phi) is 8.87. The largest absolute Gasteiger partial charge is 0.491 e. The first-order valence-electron chi connectivity index (χ1n) is 12.6. The van der Waals surface area contributed by atoms with Crippen LogP contribution in [0.25, 0.3) is 0 Å². The Morgan fingerprint density at radius 1 is 1.22 bits per heavy atom. The SMILES string of the molecule is CC[C@H](C)CN(CC(=O)N1CCc2sccc2[C@H]1COc1ccc(Cl)c(C)c1)C(=O)c1ccc(F)cc1. The van der Waals surface area contributed by atoms with Crippen molar-refractivity contribution in [2.75, 3.05) is 26.2 Å². The van der Waals surface area contributed by atoms with E-state index in [-0.39, 0.29) is 30.3 Å². The van der Waals surface area contributed by atoms with Crippen molar-refractivity contribution in [3.8, 4) is 5.75 Å². The Morgan fingerprint density at radius 2 is 1.97 bits per heavy atom. The lowest BCUT2D eigenvalue weighted by Gasteiger charge is -2.37. The molecule has 8 heteroatoms. The van der Waals surface area contributed by atoms with Gasteiger partial charge in [-0.2, -0.15) is 0 Å². The summed E-state index contributed by atoms with van der Waals surface area (Å²) in [6.45, 7) is 7.29. The Balaban J connectivity index is 1.54. The molecular weight excluding hydrogens is 511 g/mol. The van der Waals surface area contributed by atoms with Gasteiger partial charge in [0.2, 0.25) is 5.91 Å². The van der Waals surface area contributed by atoms with Gasteiger partial charge in [-0.05, 0) is 84.3 Å². The van der Waals surface area contributed by atoms with Gasteiger partial charge in [0.15, 0.2) is 0 Å². The molecule has 3 aromatic rings. The quantitative estimate of drug-likeness (QED) is 0.308. The molecule has 196 valence electrons. The summed E-state index contributed by atoms with van der Waals surface area (Å²) >= 11 is 7.85. The summed E-state index contributed by atoms with van der Waals surface area (Å²) < 4.78 is 19.6. The number of carbonyl (C=O) groups excluding carboxylic acids is 2. The monoisotopic (exact) mass is 542 g/mol. The predicted octanol–water partition coefficient (Wildman–Crippen LogP) is 6.54. The molecule has 1 aromatic heterocycles. The van der Waals surface area contributed by atoms with Crippen LogP contribution in [0, 0.1) is 18.7 Å². The number of fused-ring (bicyclic) bond motifs is 1. The number of aryl methyl sites for hydroxylation is 1. The highest BCUT2D eigenvalue weighted by Crippen LogP contribution is 2.34. The Bertz CT molecular complexity index is 1250. The van der Waals surface area contributed by atoms with Crippen molar-refractivity contribution in [2.24, 2.45) is 5.92 Å². The predicted molar refractivity (Wildman–Crippen MR) is 146 cm³/mol. The van der Waals surface area contributed by atoms with Crippen LogP contribution in [0.3, 0.4) is 0 Å². The number of thiophene rings is 1. The molecule has 1 aliphatic rings. The Hall–Kier alpha value is -2.90. The zero-order valence-corrected chi connectivity index (χ0v) is 22.9. The summed E-state index contributed by atoms with van der Waals surface area (Å²) in [5, 5.41) is 2.72. The highest BCUT2D eigenvalue weighted by Gasteiger charge is 2.34. The fourth-order valence-electron chi connectivity index (χ4n) is 4.51. The van der Waals surface area contributed by atoms with E-state index in [1.54, 1.807) is 22.3 Å². The fourth-order valence-corrected chi connectivity index (χ4v) is 5.56. The molecule has 5 nitrogen and oxygen atoms in total. The Labute approximate surface area is 226 Å². The average molecular weight is 543 g/mol. The minimum absolute atomic E-state index is 0.0451. The van der Waals surface area contributed by atoms with Crippen LogP contribution in [-0.4, -0.2) is 47.9 Å². The van der Waals surface area contributed by atoms with Crippen molar-refractivity contribution in [1.82, 2.24) is 9.80 Å². The summed E-state index contributed by atoms with van der Waals surface area (Å²) in [4.78, 5) is 31.7. The summed E-state index contributed by atoms with van der Waals surface area (Å²) in [5.74, 6) is 0.110. The van der Waals surface area contributed by atoms with Crippen LogP contribution >= 0.6 is 22.9 Å². The zero-order valence-electron chi connectivity index (χ0n) is 21.4. The molecule has 2 amide bonds. The van der Waals surface area contributed by atoms with E-state index in [1.807, 2.05) is 29.3 Å². The third-order valence-corrected chi connectivity index (χ3v) is 8.31. The van der Waals surface area contributed by atoms with Crippen molar-refractivity contribution in [1.29, 1.82) is 0 Å². The third kappa shape index (κ3) is 6.51. The summed E-state index contributed by atoms with van der Waals surface area (Å²) in [7, 11) is 0. The van der Waals surface area contributed by atoms with E-state index in [0.29, 0.717) is 36.0 Å². The van der Waals surface area contributed by atoms with E-state index in [1.165, 1.54) is 29.1 Å². The van der Waals surface area contributed by atoms with Gasteiger partial charge in [0.1, 0.15) is 24.7 Å². The molecular formula is C29H32ClFN2O3S. The van der Waals surface area contributed by atoms with Gasteiger partial charge in [0.25, 0.3) is 5.91 Å². The van der Waals surface area contributed by atoms with Crippen LogP contribution in [0.5, 0.6) is 5.75 Å². The second kappa shape index (κ2) is 12.1. The number of amides is 2. The molecule has 0 saturated heterocycles. The van der Waals surface area contributed by atoms with Gasteiger partial charge >= 0.3 is 0 Å². The van der Waals surface area contributed by atoms with Crippen LogP contribution in [0.15, 0.2) is 53.9 Å². The maximum absolute atomic E-state index is 13.7. The standard InChI is InChI=1S/C29H32ClFN2O3S/c1-4-19(2)16-32(29(35)21-5-7-22(31)8-6-21)17-28(34)33-13-11-27-24(12-14-37-27)26(33)18-36-23-9-10-25(30)20(3)15-23/h5-10,12,14-15,19,26H,4,11,13,16-18H2,1-3H3/t19-,26+/m0/s1. The first-order chi connectivity index (χ1) is 17.8. The number of halogens is 2. The molecule has 2 atom stereocenters. The molecule has 37 heavy (non-hydrogen) atoms. The maximum atomic E-state index is 13.7. The maximum Gasteiger partial charge on any atom is 0.254 e. The van der Waals surface area contributed by atoms with Crippen LogP contribution in [-0.2, 0) is 11.2 Å². The van der Waals surface area contributed by atoms with Gasteiger partial charge in [-0.1, -0.05) is 31.9 Å². The van der Waals surface area contributed by atoms with E-state index in [9.17, 15) is 14.0 Å². The van der Waals surface area contributed by atoms with Crippen molar-refractivity contribution in [3.63, 3.8) is 0 Å². The van der Waals surface area contributed by atoms with Crippen molar-refractivity contribution >= 4 is 34.8 Å². The van der Waals surface area contributed by atoms with E-state index in [2.05, 4.69) is 19.9 Å². The van der Waals surface area contributed by atoms with Gasteiger partial charge in [-0.25, -0.2) is 4.39 Å². The third-order valence-electron chi connectivity index (χ3n) is 6.89. The van der Waals surface area contributed by atoms with Gasteiger partial charge in [0, 0.05) is 28.6 Å². The van der Waals surface area contributed by atoms with E-state index in [4.69, 9.17) is 16.3 Å². The van der Waals surface area contributed by atoms with Crippen LogP contribution < -0.4 is 4.74 Å². The second-order valence-electron chi connectivity index (χ2n) is 9.58. The highest BCUT2D eigenvalue weighted by molar-refractivity contribution is 7.10.